The van der Waals surface area contributed by atoms with Gasteiger partial charge in [0.05, 0.1) is 12.7 Å². The summed E-state index contributed by atoms with van der Waals surface area (Å²) in [7, 11) is 1.47. The number of phenolic OH excluding ortho intramolecular Hbond substituents is 2. The van der Waals surface area contributed by atoms with Gasteiger partial charge in [-0.25, -0.2) is 0 Å². The molecule has 0 amide bonds. The third-order valence-electron chi connectivity index (χ3n) is 2.88. The minimum absolute atomic E-state index is 0.00785. The number of methoxy groups -OCH3 is 1. The topological polar surface area (TPSA) is 79.1 Å². The predicted octanol–water partition coefficient (Wildman–Crippen LogP) is 2.41. The number of nitrogens with zero attached hydrogens (tertiary/aromatic N) is 1. The van der Waals surface area contributed by atoms with Crippen LogP contribution in [0.4, 0.5) is 0 Å². The van der Waals surface area contributed by atoms with E-state index in [0.717, 1.165) is 0 Å². The van der Waals surface area contributed by atoms with Crippen molar-refractivity contribution in [1.29, 1.82) is 0 Å². The van der Waals surface area contributed by atoms with Gasteiger partial charge in [-0.15, -0.1) is 0 Å². The predicted molar refractivity (Wildman–Crippen MR) is 79.6 cm³/mol. The van der Waals surface area contributed by atoms with Gasteiger partial charge >= 0.3 is 0 Å². The van der Waals surface area contributed by atoms with Crippen LogP contribution in [0.1, 0.15) is 15.9 Å². The molecule has 0 bridgehead atoms. The fourth-order valence-electron chi connectivity index (χ4n) is 1.82. The number of aliphatic imine (C=N–C) groups is 1. The van der Waals surface area contributed by atoms with Crippen LogP contribution in [-0.2, 0) is 0 Å². The fourth-order valence-corrected chi connectivity index (χ4v) is 1.82. The molecule has 21 heavy (non-hydrogen) atoms. The van der Waals surface area contributed by atoms with Crippen LogP contribution in [0.3, 0.4) is 0 Å². The van der Waals surface area contributed by atoms with Gasteiger partial charge in [-0.05, 0) is 35.9 Å². The van der Waals surface area contributed by atoms with E-state index in [1.807, 2.05) is 0 Å². The van der Waals surface area contributed by atoms with Gasteiger partial charge in [-0.2, -0.15) is 0 Å². The zero-order chi connectivity index (χ0) is 15.2. The molecule has 0 aromatic heterocycles. The van der Waals surface area contributed by atoms with Gasteiger partial charge in [-0.3, -0.25) is 9.79 Å². The number of aromatic hydroxyl groups is 2. The zero-order valence-corrected chi connectivity index (χ0v) is 11.5. The number of rotatable bonds is 5. The molecule has 108 valence electrons. The highest BCUT2D eigenvalue weighted by atomic mass is 16.5. The van der Waals surface area contributed by atoms with Crippen LogP contribution < -0.4 is 4.74 Å². The second kappa shape index (κ2) is 6.56. The number of hydrogen-bond acceptors (Lipinski definition) is 5. The van der Waals surface area contributed by atoms with Crippen molar-refractivity contribution in [2.24, 2.45) is 4.99 Å². The first-order valence-electron chi connectivity index (χ1n) is 6.30. The van der Waals surface area contributed by atoms with Crippen molar-refractivity contribution in [3.8, 4) is 17.2 Å². The third-order valence-corrected chi connectivity index (χ3v) is 2.88. The fraction of sp³-hybridized carbons (Fsp3) is 0.125. The molecular weight excluding hydrogens is 270 g/mol. The van der Waals surface area contributed by atoms with E-state index in [0.29, 0.717) is 11.3 Å². The summed E-state index contributed by atoms with van der Waals surface area (Å²) in [6.07, 6.45) is 1.48. The summed E-state index contributed by atoms with van der Waals surface area (Å²) in [6, 6.07) is 11.2. The van der Waals surface area contributed by atoms with Crippen LogP contribution in [0.2, 0.25) is 0 Å². The second-order valence-electron chi connectivity index (χ2n) is 4.34. The van der Waals surface area contributed by atoms with Crippen molar-refractivity contribution >= 4 is 12.0 Å². The SMILES string of the molecule is COc1ccc(C=NCC(=O)c2ccccc2O)cc1O. The number of carbonyl (C=O) groups excluding carboxylic acids is 1. The Hall–Kier alpha value is -2.82. The molecule has 0 spiro atoms. The standard InChI is InChI=1S/C16H15NO4/c1-21-16-7-6-11(8-14(16)19)9-17-10-15(20)12-4-2-3-5-13(12)18/h2-9,18-19H,10H2,1H3. The number of carbonyl (C=O) groups is 1. The normalized spacial score (nSPS) is 10.7. The summed E-state index contributed by atoms with van der Waals surface area (Å²) in [6.45, 7) is -0.0790. The molecule has 0 aliphatic heterocycles. The van der Waals surface area contributed by atoms with Crippen LogP contribution in [0.5, 0.6) is 17.2 Å². The Morgan fingerprint density at radius 3 is 2.62 bits per heavy atom. The molecule has 0 radical (unpaired) electrons. The zero-order valence-electron chi connectivity index (χ0n) is 11.5. The lowest BCUT2D eigenvalue weighted by Crippen LogP contribution is -2.03. The molecule has 0 fully saturated rings. The van der Waals surface area contributed by atoms with E-state index in [4.69, 9.17) is 4.74 Å². The molecule has 0 saturated heterocycles. The Bertz CT molecular complexity index is 680. The molecule has 5 heteroatoms. The van der Waals surface area contributed by atoms with E-state index in [-0.39, 0.29) is 29.4 Å². The molecule has 2 aromatic rings. The van der Waals surface area contributed by atoms with E-state index in [1.165, 1.54) is 25.5 Å². The minimum atomic E-state index is -0.276. The van der Waals surface area contributed by atoms with Crippen LogP contribution in [-0.4, -0.2) is 35.9 Å². The first-order valence-corrected chi connectivity index (χ1v) is 6.30. The summed E-state index contributed by atoms with van der Waals surface area (Å²) in [4.78, 5) is 15.9. The van der Waals surface area contributed by atoms with Crippen LogP contribution in [0.15, 0.2) is 47.5 Å². The highest BCUT2D eigenvalue weighted by molar-refractivity contribution is 6.00. The van der Waals surface area contributed by atoms with Gasteiger partial charge in [0.15, 0.2) is 17.3 Å². The molecule has 0 unspecified atom stereocenters. The maximum atomic E-state index is 11.9. The first-order chi connectivity index (χ1) is 10.1. The summed E-state index contributed by atoms with van der Waals surface area (Å²) in [5.41, 5.74) is 0.894. The molecule has 2 aromatic carbocycles. The van der Waals surface area contributed by atoms with E-state index in [1.54, 1.807) is 30.3 Å². The van der Waals surface area contributed by atoms with Crippen molar-refractivity contribution in [2.75, 3.05) is 13.7 Å². The Kier molecular flexibility index (Phi) is 4.56. The van der Waals surface area contributed by atoms with Crippen molar-refractivity contribution in [3.05, 3.63) is 53.6 Å². The first kappa shape index (κ1) is 14.6. The molecule has 0 aliphatic rings. The summed E-state index contributed by atoms with van der Waals surface area (Å²) in [5, 5.41) is 19.2. The number of ether oxygens (including phenoxy) is 1. The average molecular weight is 285 g/mol. The molecule has 2 N–H and O–H groups in total. The van der Waals surface area contributed by atoms with Gasteiger partial charge in [0.25, 0.3) is 0 Å². The second-order valence-corrected chi connectivity index (χ2v) is 4.34. The Labute approximate surface area is 122 Å². The van der Waals surface area contributed by atoms with Crippen LogP contribution in [0.25, 0.3) is 0 Å². The van der Waals surface area contributed by atoms with Gasteiger partial charge in [-0.1, -0.05) is 12.1 Å². The number of para-hydroxylation sites is 1. The van der Waals surface area contributed by atoms with Gasteiger partial charge < -0.3 is 14.9 Å². The third kappa shape index (κ3) is 3.60. The lowest BCUT2D eigenvalue weighted by molar-refractivity contribution is 0.0999. The molecule has 0 saturated carbocycles. The summed E-state index contributed by atoms with van der Waals surface area (Å²) in [5.74, 6) is 0.0489. The van der Waals surface area contributed by atoms with E-state index in [9.17, 15) is 15.0 Å². The van der Waals surface area contributed by atoms with Gasteiger partial charge in [0.2, 0.25) is 0 Å². The molecule has 0 aliphatic carbocycles. The minimum Gasteiger partial charge on any atom is -0.507 e. The van der Waals surface area contributed by atoms with E-state index >= 15 is 0 Å². The van der Waals surface area contributed by atoms with E-state index in [2.05, 4.69) is 4.99 Å². The Balaban J connectivity index is 2.04. The van der Waals surface area contributed by atoms with Crippen LogP contribution >= 0.6 is 0 Å². The number of hydrogen-bond donors (Lipinski definition) is 2. The lowest BCUT2D eigenvalue weighted by atomic mass is 10.1. The van der Waals surface area contributed by atoms with E-state index < -0.39 is 0 Å². The Morgan fingerprint density at radius 2 is 1.95 bits per heavy atom. The van der Waals surface area contributed by atoms with Crippen molar-refractivity contribution in [3.63, 3.8) is 0 Å². The number of phenols is 2. The molecule has 2 rings (SSSR count). The monoisotopic (exact) mass is 285 g/mol. The van der Waals surface area contributed by atoms with Crippen molar-refractivity contribution in [2.45, 2.75) is 0 Å². The van der Waals surface area contributed by atoms with Gasteiger partial charge in [0, 0.05) is 6.21 Å². The highest BCUT2D eigenvalue weighted by Crippen LogP contribution is 2.25. The van der Waals surface area contributed by atoms with Crippen LogP contribution in [0, 0.1) is 0 Å². The number of benzene rings is 2. The Morgan fingerprint density at radius 1 is 1.19 bits per heavy atom. The highest BCUT2D eigenvalue weighted by Gasteiger charge is 2.08. The maximum absolute atomic E-state index is 11.9. The summed E-state index contributed by atoms with van der Waals surface area (Å²) < 4.78 is 4.94. The number of Topliss-reactive ketones (excluding diaryl/α,β-unsaturated/α-hetero) is 1. The molecular formula is C16H15NO4. The van der Waals surface area contributed by atoms with Crippen molar-refractivity contribution < 1.29 is 19.7 Å². The quantitative estimate of drug-likeness (QED) is 0.653. The average Bonchev–Trinajstić information content (AvgIpc) is 2.48. The molecule has 0 heterocycles. The van der Waals surface area contributed by atoms with Crippen molar-refractivity contribution in [1.82, 2.24) is 0 Å². The number of ketones is 1. The van der Waals surface area contributed by atoms with Gasteiger partial charge in [0.1, 0.15) is 12.3 Å². The molecule has 5 nitrogen and oxygen atoms in total. The smallest absolute Gasteiger partial charge is 0.187 e. The lowest BCUT2D eigenvalue weighted by Gasteiger charge is -2.03. The summed E-state index contributed by atoms with van der Waals surface area (Å²) >= 11 is 0. The molecule has 0 atom stereocenters. The maximum Gasteiger partial charge on any atom is 0.187 e. The largest absolute Gasteiger partial charge is 0.507 e.